The zero-order chi connectivity index (χ0) is 12.0. The number of phenolic OH excluding ortho intramolecular Hbond substituents is 1. The maximum atomic E-state index is 11.5. The van der Waals surface area contributed by atoms with E-state index in [-0.39, 0.29) is 23.4 Å². The SMILES string of the molecule is O=C(NN=C(CCl)CCl)c1ccc(O)cc1. The van der Waals surface area contributed by atoms with E-state index in [4.69, 9.17) is 28.3 Å². The monoisotopic (exact) mass is 260 g/mol. The van der Waals surface area contributed by atoms with Crippen molar-refractivity contribution in [2.75, 3.05) is 11.8 Å². The topological polar surface area (TPSA) is 61.7 Å². The molecule has 0 bridgehead atoms. The number of aromatic hydroxyl groups is 1. The molecule has 2 N–H and O–H groups in total. The number of nitrogens with zero attached hydrogens (tertiary/aromatic N) is 1. The van der Waals surface area contributed by atoms with Crippen LogP contribution in [0, 0.1) is 0 Å². The van der Waals surface area contributed by atoms with Crippen molar-refractivity contribution in [1.82, 2.24) is 5.43 Å². The van der Waals surface area contributed by atoms with Gasteiger partial charge in [0.25, 0.3) is 5.91 Å². The number of hydrazone groups is 1. The van der Waals surface area contributed by atoms with Crippen LogP contribution in [-0.2, 0) is 0 Å². The van der Waals surface area contributed by atoms with Crippen LogP contribution in [0.15, 0.2) is 29.4 Å². The van der Waals surface area contributed by atoms with E-state index in [1.807, 2.05) is 0 Å². The van der Waals surface area contributed by atoms with E-state index in [1.54, 1.807) is 0 Å². The second-order valence-electron chi connectivity index (χ2n) is 2.93. The number of hydrogen-bond acceptors (Lipinski definition) is 3. The van der Waals surface area contributed by atoms with Gasteiger partial charge in [0, 0.05) is 5.56 Å². The minimum Gasteiger partial charge on any atom is -0.508 e. The number of halogens is 2. The van der Waals surface area contributed by atoms with Gasteiger partial charge in [0.15, 0.2) is 0 Å². The number of phenols is 1. The van der Waals surface area contributed by atoms with Crippen LogP contribution in [0.2, 0.25) is 0 Å². The predicted molar refractivity (Wildman–Crippen MR) is 64.4 cm³/mol. The van der Waals surface area contributed by atoms with Crippen LogP contribution in [0.25, 0.3) is 0 Å². The summed E-state index contributed by atoms with van der Waals surface area (Å²) in [7, 11) is 0. The molecule has 1 aromatic carbocycles. The lowest BCUT2D eigenvalue weighted by atomic mass is 10.2. The Kier molecular flexibility index (Phi) is 5.08. The highest BCUT2D eigenvalue weighted by atomic mass is 35.5. The van der Waals surface area contributed by atoms with Gasteiger partial charge in [0.2, 0.25) is 0 Å². The molecule has 0 aliphatic carbocycles. The first-order chi connectivity index (χ1) is 7.67. The maximum absolute atomic E-state index is 11.5. The van der Waals surface area contributed by atoms with Gasteiger partial charge in [-0.3, -0.25) is 4.79 Å². The van der Waals surface area contributed by atoms with Crippen molar-refractivity contribution in [3.05, 3.63) is 29.8 Å². The summed E-state index contributed by atoms with van der Waals surface area (Å²) in [6.07, 6.45) is 0. The molecule has 0 fully saturated rings. The molecule has 0 unspecified atom stereocenters. The Balaban J connectivity index is 2.66. The largest absolute Gasteiger partial charge is 0.508 e. The van der Waals surface area contributed by atoms with Gasteiger partial charge in [-0.25, -0.2) is 5.43 Å². The summed E-state index contributed by atoms with van der Waals surface area (Å²) in [5.41, 5.74) is 3.19. The third kappa shape index (κ3) is 3.72. The molecule has 16 heavy (non-hydrogen) atoms. The maximum Gasteiger partial charge on any atom is 0.271 e. The van der Waals surface area contributed by atoms with Crippen molar-refractivity contribution >= 4 is 34.8 Å². The normalized spacial score (nSPS) is 9.62. The molecule has 4 nitrogen and oxygen atoms in total. The molecule has 6 heteroatoms. The number of nitrogens with one attached hydrogen (secondary N) is 1. The van der Waals surface area contributed by atoms with E-state index in [1.165, 1.54) is 24.3 Å². The van der Waals surface area contributed by atoms with E-state index in [0.29, 0.717) is 11.3 Å². The second kappa shape index (κ2) is 6.35. The molecule has 0 aromatic heterocycles. The average molecular weight is 261 g/mol. The minimum atomic E-state index is -0.382. The van der Waals surface area contributed by atoms with Crippen molar-refractivity contribution in [1.29, 1.82) is 0 Å². The van der Waals surface area contributed by atoms with Crippen molar-refractivity contribution in [3.8, 4) is 5.75 Å². The van der Waals surface area contributed by atoms with E-state index < -0.39 is 0 Å². The third-order valence-corrected chi connectivity index (χ3v) is 2.37. The molecular formula is C10H10Cl2N2O2. The Morgan fingerprint density at radius 2 is 1.81 bits per heavy atom. The van der Waals surface area contributed by atoms with Crippen LogP contribution in [0.1, 0.15) is 10.4 Å². The summed E-state index contributed by atoms with van der Waals surface area (Å²) in [5.74, 6) is 0.0496. The quantitative estimate of drug-likeness (QED) is 0.494. The van der Waals surface area contributed by atoms with E-state index in [0.717, 1.165) is 0 Å². The molecule has 1 amide bonds. The summed E-state index contributed by atoms with van der Waals surface area (Å²) in [4.78, 5) is 11.5. The molecule has 0 aliphatic rings. The Bertz CT molecular complexity index is 384. The first-order valence-corrected chi connectivity index (χ1v) is 5.51. The Hall–Kier alpha value is -1.26. The van der Waals surface area contributed by atoms with Crippen LogP contribution in [-0.4, -0.2) is 28.5 Å². The molecule has 0 spiro atoms. The van der Waals surface area contributed by atoms with Gasteiger partial charge in [0.1, 0.15) is 5.75 Å². The highest BCUT2D eigenvalue weighted by molar-refractivity contribution is 6.37. The van der Waals surface area contributed by atoms with Gasteiger partial charge < -0.3 is 5.11 Å². The summed E-state index contributed by atoms with van der Waals surface area (Å²) in [5, 5.41) is 12.8. The van der Waals surface area contributed by atoms with Crippen molar-refractivity contribution in [2.24, 2.45) is 5.10 Å². The van der Waals surface area contributed by atoms with Gasteiger partial charge in [-0.1, -0.05) is 0 Å². The molecule has 1 rings (SSSR count). The number of carbonyl (C=O) groups excluding carboxylic acids is 1. The van der Waals surface area contributed by atoms with Crippen molar-refractivity contribution in [2.45, 2.75) is 0 Å². The average Bonchev–Trinajstić information content (AvgIpc) is 2.31. The molecule has 0 aliphatic heterocycles. The minimum absolute atomic E-state index is 0.0993. The zero-order valence-corrected chi connectivity index (χ0v) is 9.79. The van der Waals surface area contributed by atoms with Crippen molar-refractivity contribution < 1.29 is 9.90 Å². The predicted octanol–water partition coefficient (Wildman–Crippen LogP) is 1.96. The number of hydrogen-bond donors (Lipinski definition) is 2. The van der Waals surface area contributed by atoms with Crippen LogP contribution in [0.4, 0.5) is 0 Å². The number of benzene rings is 1. The first-order valence-electron chi connectivity index (χ1n) is 4.44. The summed E-state index contributed by atoms with van der Waals surface area (Å²) < 4.78 is 0. The Morgan fingerprint density at radius 3 is 2.31 bits per heavy atom. The fourth-order valence-electron chi connectivity index (χ4n) is 0.903. The molecule has 1 aromatic rings. The highest BCUT2D eigenvalue weighted by Gasteiger charge is 2.04. The molecule has 0 saturated carbocycles. The number of rotatable bonds is 4. The fraction of sp³-hybridized carbons (Fsp3) is 0.200. The Labute approximate surface area is 103 Å². The van der Waals surface area contributed by atoms with Gasteiger partial charge >= 0.3 is 0 Å². The summed E-state index contributed by atoms with van der Waals surface area (Å²) in [6.45, 7) is 0. The molecule has 0 atom stereocenters. The van der Waals surface area contributed by atoms with Gasteiger partial charge in [0.05, 0.1) is 17.5 Å². The number of alkyl halides is 2. The van der Waals surface area contributed by atoms with E-state index in [2.05, 4.69) is 10.5 Å². The smallest absolute Gasteiger partial charge is 0.271 e. The van der Waals surface area contributed by atoms with E-state index >= 15 is 0 Å². The van der Waals surface area contributed by atoms with Crippen molar-refractivity contribution in [3.63, 3.8) is 0 Å². The van der Waals surface area contributed by atoms with Crippen LogP contribution < -0.4 is 5.43 Å². The molecule has 86 valence electrons. The molecule has 0 heterocycles. The van der Waals surface area contributed by atoms with Gasteiger partial charge in [-0.2, -0.15) is 5.10 Å². The highest BCUT2D eigenvalue weighted by Crippen LogP contribution is 2.09. The molecular weight excluding hydrogens is 251 g/mol. The fourth-order valence-corrected chi connectivity index (χ4v) is 1.31. The summed E-state index contributed by atoms with van der Waals surface area (Å²) in [6, 6.07) is 5.81. The molecule has 0 saturated heterocycles. The lowest BCUT2D eigenvalue weighted by molar-refractivity contribution is 0.0955. The third-order valence-electron chi connectivity index (χ3n) is 1.75. The van der Waals surface area contributed by atoms with Crippen LogP contribution in [0.3, 0.4) is 0 Å². The van der Waals surface area contributed by atoms with Gasteiger partial charge in [-0.15, -0.1) is 23.2 Å². The van der Waals surface area contributed by atoms with Crippen LogP contribution in [0.5, 0.6) is 5.75 Å². The molecule has 0 radical (unpaired) electrons. The number of amides is 1. The first kappa shape index (κ1) is 12.8. The second-order valence-corrected chi connectivity index (χ2v) is 3.47. The van der Waals surface area contributed by atoms with E-state index in [9.17, 15) is 4.79 Å². The summed E-state index contributed by atoms with van der Waals surface area (Å²) >= 11 is 11.0. The Morgan fingerprint density at radius 1 is 1.25 bits per heavy atom. The zero-order valence-electron chi connectivity index (χ0n) is 8.28. The lowest BCUT2D eigenvalue weighted by Crippen LogP contribution is -2.20. The van der Waals surface area contributed by atoms with Gasteiger partial charge in [-0.05, 0) is 24.3 Å². The number of carbonyl (C=O) groups is 1. The van der Waals surface area contributed by atoms with Crippen LogP contribution >= 0.6 is 23.2 Å². The lowest BCUT2D eigenvalue weighted by Gasteiger charge is -2.01. The standard InChI is InChI=1S/C10H10Cl2N2O2/c11-5-8(6-12)13-14-10(16)7-1-3-9(15)4-2-7/h1-4,15H,5-6H2,(H,14,16).